The predicted octanol–water partition coefficient (Wildman–Crippen LogP) is 4.57. The second-order valence-corrected chi connectivity index (χ2v) is 8.27. The summed E-state index contributed by atoms with van der Waals surface area (Å²) in [5.41, 5.74) is 3.04. The fraction of sp³-hybridized carbons (Fsp3) is 0.154. The standard InChI is InChI=1S/C26H23N7O4/c1-3-37-21-12-8-17(9-13-21)23-22(25(34)29-19-5-4-14-27-15-19)16(2)28-26-30-24(31-32(23)26)18-6-10-20(11-7-18)33(35)36/h4-15,23H,3H2,1-2H3,(H,29,34)(H,28,30,31). The summed E-state index contributed by atoms with van der Waals surface area (Å²) < 4.78 is 7.24. The summed E-state index contributed by atoms with van der Waals surface area (Å²) >= 11 is 0. The van der Waals surface area contributed by atoms with E-state index < -0.39 is 11.0 Å². The van der Waals surface area contributed by atoms with Crippen molar-refractivity contribution in [2.24, 2.45) is 0 Å². The summed E-state index contributed by atoms with van der Waals surface area (Å²) in [4.78, 5) is 32.8. The van der Waals surface area contributed by atoms with Crippen molar-refractivity contribution in [2.45, 2.75) is 19.9 Å². The smallest absolute Gasteiger partial charge is 0.269 e. The van der Waals surface area contributed by atoms with Gasteiger partial charge in [-0.15, -0.1) is 5.10 Å². The van der Waals surface area contributed by atoms with E-state index >= 15 is 0 Å². The molecular formula is C26H23N7O4. The molecule has 2 aromatic heterocycles. The van der Waals surface area contributed by atoms with Crippen molar-refractivity contribution in [3.8, 4) is 17.1 Å². The average Bonchev–Trinajstić information content (AvgIpc) is 3.33. The Morgan fingerprint density at radius 2 is 1.92 bits per heavy atom. The minimum Gasteiger partial charge on any atom is -0.494 e. The number of ether oxygens (including phenoxy) is 1. The molecular weight excluding hydrogens is 474 g/mol. The van der Waals surface area contributed by atoms with Crippen molar-refractivity contribution in [1.82, 2.24) is 19.7 Å². The second-order valence-electron chi connectivity index (χ2n) is 8.27. The quantitative estimate of drug-likeness (QED) is 0.280. The van der Waals surface area contributed by atoms with Gasteiger partial charge in [-0.3, -0.25) is 19.9 Å². The topological polar surface area (TPSA) is 137 Å². The van der Waals surface area contributed by atoms with E-state index in [2.05, 4.69) is 20.6 Å². The molecule has 0 saturated heterocycles. The number of allylic oxidation sites excluding steroid dienone is 1. The summed E-state index contributed by atoms with van der Waals surface area (Å²) in [5.74, 6) is 1.22. The second kappa shape index (κ2) is 9.90. The van der Waals surface area contributed by atoms with Crippen LogP contribution >= 0.6 is 0 Å². The van der Waals surface area contributed by atoms with E-state index in [9.17, 15) is 14.9 Å². The summed E-state index contributed by atoms with van der Waals surface area (Å²) in [6, 6.07) is 16.4. The minimum atomic E-state index is -0.595. The maximum absolute atomic E-state index is 13.5. The van der Waals surface area contributed by atoms with Crippen molar-refractivity contribution in [1.29, 1.82) is 0 Å². The number of nitrogens with zero attached hydrogens (tertiary/aromatic N) is 5. The van der Waals surface area contributed by atoms with E-state index in [1.807, 2.05) is 38.1 Å². The average molecular weight is 498 g/mol. The number of amides is 1. The first kappa shape index (κ1) is 23.7. The monoisotopic (exact) mass is 497 g/mol. The number of nitro benzene ring substituents is 1. The van der Waals surface area contributed by atoms with Crippen molar-refractivity contribution < 1.29 is 14.5 Å². The first-order chi connectivity index (χ1) is 17.9. The first-order valence-electron chi connectivity index (χ1n) is 11.6. The van der Waals surface area contributed by atoms with Crippen molar-refractivity contribution in [2.75, 3.05) is 17.2 Å². The van der Waals surface area contributed by atoms with E-state index in [1.54, 1.807) is 41.3 Å². The highest BCUT2D eigenvalue weighted by Gasteiger charge is 2.34. The maximum Gasteiger partial charge on any atom is 0.269 e. The third kappa shape index (κ3) is 4.74. The molecule has 1 aliphatic rings. The Morgan fingerprint density at radius 3 is 2.57 bits per heavy atom. The van der Waals surface area contributed by atoms with Crippen LogP contribution in [0.1, 0.15) is 25.5 Å². The molecule has 1 unspecified atom stereocenters. The molecule has 1 aliphatic heterocycles. The Hall–Kier alpha value is -5.06. The van der Waals surface area contributed by atoms with Crippen LogP contribution in [0.15, 0.2) is 84.3 Å². The van der Waals surface area contributed by atoms with Gasteiger partial charge in [-0.05, 0) is 55.8 Å². The molecule has 4 aromatic rings. The highest BCUT2D eigenvalue weighted by molar-refractivity contribution is 6.05. The molecule has 3 heterocycles. The molecule has 1 amide bonds. The molecule has 1 atom stereocenters. The van der Waals surface area contributed by atoms with Gasteiger partial charge >= 0.3 is 0 Å². The lowest BCUT2D eigenvalue weighted by molar-refractivity contribution is -0.384. The number of nitrogens with one attached hydrogen (secondary N) is 2. The van der Waals surface area contributed by atoms with Gasteiger partial charge in [0.05, 0.1) is 29.0 Å². The van der Waals surface area contributed by atoms with Crippen molar-refractivity contribution in [3.05, 3.63) is 100 Å². The lowest BCUT2D eigenvalue weighted by Gasteiger charge is -2.28. The largest absolute Gasteiger partial charge is 0.494 e. The third-order valence-corrected chi connectivity index (χ3v) is 5.86. The molecule has 37 heavy (non-hydrogen) atoms. The number of nitro groups is 1. The van der Waals surface area contributed by atoms with E-state index in [-0.39, 0.29) is 11.6 Å². The van der Waals surface area contributed by atoms with Crippen molar-refractivity contribution >= 4 is 23.2 Å². The van der Waals surface area contributed by atoms with Crippen LogP contribution in [-0.4, -0.2) is 37.2 Å². The first-order valence-corrected chi connectivity index (χ1v) is 11.6. The molecule has 186 valence electrons. The van der Waals surface area contributed by atoms with Crippen LogP contribution in [0.2, 0.25) is 0 Å². The lowest BCUT2D eigenvalue weighted by atomic mass is 9.95. The molecule has 0 radical (unpaired) electrons. The molecule has 11 nitrogen and oxygen atoms in total. The highest BCUT2D eigenvalue weighted by atomic mass is 16.6. The number of non-ortho nitro benzene ring substituents is 1. The molecule has 2 N–H and O–H groups in total. The van der Waals surface area contributed by atoms with Crippen LogP contribution < -0.4 is 15.4 Å². The van der Waals surface area contributed by atoms with Gasteiger partial charge in [0.2, 0.25) is 5.95 Å². The molecule has 0 spiro atoms. The van der Waals surface area contributed by atoms with Crippen LogP contribution in [0.4, 0.5) is 17.3 Å². The molecule has 2 aromatic carbocycles. The minimum absolute atomic E-state index is 0.0232. The van der Waals surface area contributed by atoms with Gasteiger partial charge < -0.3 is 15.4 Å². The number of anilines is 2. The van der Waals surface area contributed by atoms with Gasteiger partial charge in [-0.1, -0.05) is 12.1 Å². The number of aromatic nitrogens is 4. The number of benzene rings is 2. The molecule has 0 fully saturated rings. The third-order valence-electron chi connectivity index (χ3n) is 5.86. The molecule has 11 heteroatoms. The molecule has 0 aliphatic carbocycles. The summed E-state index contributed by atoms with van der Waals surface area (Å²) in [6.07, 6.45) is 3.20. The molecule has 0 saturated carbocycles. The van der Waals surface area contributed by atoms with E-state index in [0.29, 0.717) is 46.7 Å². The van der Waals surface area contributed by atoms with Crippen LogP contribution in [-0.2, 0) is 4.79 Å². The lowest BCUT2D eigenvalue weighted by Crippen LogP contribution is -2.31. The van der Waals surface area contributed by atoms with Gasteiger partial charge in [0.15, 0.2) is 5.82 Å². The fourth-order valence-corrected chi connectivity index (χ4v) is 4.16. The van der Waals surface area contributed by atoms with Crippen molar-refractivity contribution in [3.63, 3.8) is 0 Å². The van der Waals surface area contributed by atoms with Crippen LogP contribution in [0.25, 0.3) is 11.4 Å². The number of pyridine rings is 1. The summed E-state index contributed by atoms with van der Waals surface area (Å²) in [7, 11) is 0. The Bertz CT molecular complexity index is 1480. The van der Waals surface area contributed by atoms with Gasteiger partial charge in [0, 0.05) is 29.6 Å². The van der Waals surface area contributed by atoms with Gasteiger partial charge in [0.25, 0.3) is 11.6 Å². The zero-order chi connectivity index (χ0) is 25.9. The summed E-state index contributed by atoms with van der Waals surface area (Å²) in [5, 5.41) is 21.8. The number of carbonyl (C=O) groups excluding carboxylic acids is 1. The van der Waals surface area contributed by atoms with Crippen LogP contribution in [0, 0.1) is 10.1 Å². The molecule has 5 rings (SSSR count). The zero-order valence-corrected chi connectivity index (χ0v) is 20.1. The van der Waals surface area contributed by atoms with E-state index in [4.69, 9.17) is 9.84 Å². The number of fused-ring (bicyclic) bond motifs is 1. The number of rotatable bonds is 7. The van der Waals surface area contributed by atoms with E-state index in [0.717, 1.165) is 5.56 Å². The van der Waals surface area contributed by atoms with Gasteiger partial charge in [-0.2, -0.15) is 4.98 Å². The van der Waals surface area contributed by atoms with Crippen LogP contribution in [0.3, 0.4) is 0 Å². The Kier molecular flexibility index (Phi) is 6.33. The Balaban J connectivity index is 1.57. The predicted molar refractivity (Wildman–Crippen MR) is 137 cm³/mol. The van der Waals surface area contributed by atoms with Crippen LogP contribution in [0.5, 0.6) is 5.75 Å². The number of hydrogen-bond donors (Lipinski definition) is 2. The van der Waals surface area contributed by atoms with Gasteiger partial charge in [-0.25, -0.2) is 4.68 Å². The fourth-order valence-electron chi connectivity index (χ4n) is 4.16. The maximum atomic E-state index is 13.5. The highest BCUT2D eigenvalue weighted by Crippen LogP contribution is 2.37. The summed E-state index contributed by atoms with van der Waals surface area (Å²) in [6.45, 7) is 4.26. The number of carbonyl (C=O) groups is 1. The number of hydrogen-bond acceptors (Lipinski definition) is 8. The van der Waals surface area contributed by atoms with Gasteiger partial charge in [0.1, 0.15) is 11.8 Å². The Morgan fingerprint density at radius 1 is 1.16 bits per heavy atom. The zero-order valence-electron chi connectivity index (χ0n) is 20.1. The van der Waals surface area contributed by atoms with E-state index in [1.165, 1.54) is 12.1 Å². The Labute approximate surface area is 212 Å². The normalized spacial score (nSPS) is 14.5. The molecule has 0 bridgehead atoms. The SMILES string of the molecule is CCOc1ccc(C2C(C(=O)Nc3cccnc3)=C(C)Nc3nc(-c4ccc([N+](=O)[O-])cc4)nn32)cc1.